The second-order valence-corrected chi connectivity index (χ2v) is 5.19. The third-order valence-electron chi connectivity index (χ3n) is 4.04. The summed E-state index contributed by atoms with van der Waals surface area (Å²) in [5.41, 5.74) is 1.99. The third kappa shape index (κ3) is 2.27. The van der Waals surface area contributed by atoms with Crippen molar-refractivity contribution in [3.05, 3.63) is 35.4 Å². The summed E-state index contributed by atoms with van der Waals surface area (Å²) in [6.07, 6.45) is 4.18. The number of morpholine rings is 1. The molecule has 3 rings (SSSR count). The molecule has 1 saturated heterocycles. The van der Waals surface area contributed by atoms with Gasteiger partial charge in [0.05, 0.1) is 24.3 Å². The zero-order chi connectivity index (χ0) is 12.4. The Bertz CT molecular complexity index is 466. The largest absolute Gasteiger partial charge is 0.375 e. The summed E-state index contributed by atoms with van der Waals surface area (Å²) in [5.74, 6) is 0. The second kappa shape index (κ2) is 5.09. The number of ether oxygens (including phenoxy) is 1. The number of nitrogens with zero attached hydrogens (tertiary/aromatic N) is 2. The van der Waals surface area contributed by atoms with E-state index < -0.39 is 0 Å². The van der Waals surface area contributed by atoms with E-state index in [1.807, 2.05) is 18.2 Å². The standard InChI is InChI=1S/C15H18N2O/c16-10-12-3-1-4-13(9-12)11-17-7-8-18-15-6-2-5-14(15)17/h1,3-4,9,14-15H,2,5-8,11H2. The fourth-order valence-electron chi connectivity index (χ4n) is 3.18. The molecule has 0 amide bonds. The van der Waals surface area contributed by atoms with Gasteiger partial charge >= 0.3 is 0 Å². The molecule has 1 saturated carbocycles. The number of nitriles is 1. The lowest BCUT2D eigenvalue weighted by Crippen LogP contribution is -2.47. The van der Waals surface area contributed by atoms with E-state index in [1.165, 1.54) is 24.8 Å². The molecule has 2 aliphatic rings. The highest BCUT2D eigenvalue weighted by Gasteiger charge is 2.35. The SMILES string of the molecule is N#Cc1cccc(CN2CCOC3CCCC32)c1. The van der Waals surface area contributed by atoms with Crippen LogP contribution in [0.25, 0.3) is 0 Å². The summed E-state index contributed by atoms with van der Waals surface area (Å²) in [6.45, 7) is 2.80. The van der Waals surface area contributed by atoms with Gasteiger partial charge in [-0.05, 0) is 37.0 Å². The summed E-state index contributed by atoms with van der Waals surface area (Å²) in [7, 11) is 0. The van der Waals surface area contributed by atoms with Crippen LogP contribution in [0.15, 0.2) is 24.3 Å². The Kier molecular flexibility index (Phi) is 3.31. The minimum absolute atomic E-state index is 0.442. The zero-order valence-corrected chi connectivity index (χ0v) is 10.5. The Labute approximate surface area is 108 Å². The van der Waals surface area contributed by atoms with Crippen molar-refractivity contribution in [1.29, 1.82) is 5.26 Å². The molecule has 0 N–H and O–H groups in total. The lowest BCUT2D eigenvalue weighted by atomic mass is 10.1. The van der Waals surface area contributed by atoms with Crippen LogP contribution in [0.2, 0.25) is 0 Å². The van der Waals surface area contributed by atoms with E-state index in [0.717, 1.165) is 25.3 Å². The van der Waals surface area contributed by atoms with E-state index in [-0.39, 0.29) is 0 Å². The van der Waals surface area contributed by atoms with Crippen LogP contribution >= 0.6 is 0 Å². The molecule has 1 heterocycles. The van der Waals surface area contributed by atoms with Crippen molar-refractivity contribution in [3.8, 4) is 6.07 Å². The molecule has 2 unspecified atom stereocenters. The molecule has 3 heteroatoms. The van der Waals surface area contributed by atoms with Crippen LogP contribution < -0.4 is 0 Å². The summed E-state index contributed by atoms with van der Waals surface area (Å²) in [4.78, 5) is 2.53. The second-order valence-electron chi connectivity index (χ2n) is 5.19. The molecule has 2 atom stereocenters. The maximum Gasteiger partial charge on any atom is 0.0991 e. The van der Waals surface area contributed by atoms with Crippen LogP contribution in [-0.2, 0) is 11.3 Å². The monoisotopic (exact) mass is 242 g/mol. The van der Waals surface area contributed by atoms with Crippen LogP contribution in [0.5, 0.6) is 0 Å². The van der Waals surface area contributed by atoms with E-state index in [9.17, 15) is 0 Å². The number of fused-ring (bicyclic) bond motifs is 1. The van der Waals surface area contributed by atoms with Gasteiger partial charge in [0.25, 0.3) is 0 Å². The Morgan fingerprint density at radius 3 is 3.22 bits per heavy atom. The normalized spacial score (nSPS) is 27.7. The summed E-state index contributed by atoms with van der Waals surface area (Å²) < 4.78 is 5.82. The van der Waals surface area contributed by atoms with E-state index >= 15 is 0 Å². The minimum Gasteiger partial charge on any atom is -0.375 e. The van der Waals surface area contributed by atoms with Gasteiger partial charge in [-0.2, -0.15) is 5.26 Å². The molecule has 0 aromatic heterocycles. The fraction of sp³-hybridized carbons (Fsp3) is 0.533. The predicted molar refractivity (Wildman–Crippen MR) is 68.9 cm³/mol. The van der Waals surface area contributed by atoms with Crippen molar-refractivity contribution < 1.29 is 4.74 Å². The summed E-state index contributed by atoms with van der Waals surface area (Å²) in [5, 5.41) is 8.93. The van der Waals surface area contributed by atoms with Gasteiger partial charge in [0.1, 0.15) is 0 Å². The van der Waals surface area contributed by atoms with Gasteiger partial charge in [0.2, 0.25) is 0 Å². The van der Waals surface area contributed by atoms with E-state index in [4.69, 9.17) is 10.00 Å². The molecule has 3 nitrogen and oxygen atoms in total. The molecule has 1 aromatic rings. The van der Waals surface area contributed by atoms with Crippen LogP contribution in [0, 0.1) is 11.3 Å². The molecule has 0 radical (unpaired) electrons. The molecule has 0 spiro atoms. The van der Waals surface area contributed by atoms with Crippen molar-refractivity contribution in [2.45, 2.75) is 38.0 Å². The van der Waals surface area contributed by atoms with Gasteiger partial charge in [-0.1, -0.05) is 12.1 Å². The first-order valence-electron chi connectivity index (χ1n) is 6.71. The number of rotatable bonds is 2. The van der Waals surface area contributed by atoms with E-state index in [1.54, 1.807) is 0 Å². The van der Waals surface area contributed by atoms with Gasteiger partial charge < -0.3 is 4.74 Å². The molecule has 18 heavy (non-hydrogen) atoms. The minimum atomic E-state index is 0.442. The smallest absolute Gasteiger partial charge is 0.0991 e. The maximum absolute atomic E-state index is 8.93. The Morgan fingerprint density at radius 1 is 1.39 bits per heavy atom. The average molecular weight is 242 g/mol. The van der Waals surface area contributed by atoms with Crippen LogP contribution in [0.3, 0.4) is 0 Å². The van der Waals surface area contributed by atoms with Crippen molar-refractivity contribution >= 4 is 0 Å². The molecule has 1 aliphatic heterocycles. The lowest BCUT2D eigenvalue weighted by molar-refractivity contribution is -0.0588. The highest BCUT2D eigenvalue weighted by atomic mass is 16.5. The van der Waals surface area contributed by atoms with E-state index in [0.29, 0.717) is 12.1 Å². The van der Waals surface area contributed by atoms with Crippen molar-refractivity contribution in [2.24, 2.45) is 0 Å². The van der Waals surface area contributed by atoms with Gasteiger partial charge in [0, 0.05) is 19.1 Å². The molecular formula is C15H18N2O. The average Bonchev–Trinajstić information content (AvgIpc) is 2.88. The van der Waals surface area contributed by atoms with Crippen LogP contribution in [0.1, 0.15) is 30.4 Å². The lowest BCUT2D eigenvalue weighted by Gasteiger charge is -2.37. The molecule has 1 aliphatic carbocycles. The third-order valence-corrected chi connectivity index (χ3v) is 4.04. The van der Waals surface area contributed by atoms with Crippen molar-refractivity contribution in [2.75, 3.05) is 13.2 Å². The highest BCUT2D eigenvalue weighted by Crippen LogP contribution is 2.30. The van der Waals surface area contributed by atoms with Crippen LogP contribution in [-0.4, -0.2) is 30.2 Å². The first kappa shape index (κ1) is 11.7. The van der Waals surface area contributed by atoms with Gasteiger partial charge in [-0.25, -0.2) is 0 Å². The first-order chi connectivity index (χ1) is 8.86. The van der Waals surface area contributed by atoms with E-state index in [2.05, 4.69) is 17.0 Å². The van der Waals surface area contributed by atoms with Crippen LogP contribution in [0.4, 0.5) is 0 Å². The molecular weight excluding hydrogens is 224 g/mol. The summed E-state index contributed by atoms with van der Waals surface area (Å²) in [6, 6.07) is 10.7. The molecule has 2 fully saturated rings. The maximum atomic E-state index is 8.93. The Balaban J connectivity index is 1.73. The molecule has 94 valence electrons. The Morgan fingerprint density at radius 2 is 2.33 bits per heavy atom. The molecule has 1 aromatic carbocycles. The van der Waals surface area contributed by atoms with Gasteiger partial charge in [-0.15, -0.1) is 0 Å². The zero-order valence-electron chi connectivity index (χ0n) is 10.5. The topological polar surface area (TPSA) is 36.3 Å². The number of hydrogen-bond acceptors (Lipinski definition) is 3. The van der Waals surface area contributed by atoms with Gasteiger partial charge in [-0.3, -0.25) is 4.90 Å². The Hall–Kier alpha value is -1.37. The quantitative estimate of drug-likeness (QED) is 0.798. The summed E-state index contributed by atoms with van der Waals surface area (Å²) >= 11 is 0. The van der Waals surface area contributed by atoms with Crippen molar-refractivity contribution in [3.63, 3.8) is 0 Å². The first-order valence-corrected chi connectivity index (χ1v) is 6.71. The van der Waals surface area contributed by atoms with Crippen molar-refractivity contribution in [1.82, 2.24) is 4.90 Å². The predicted octanol–water partition coefficient (Wildman–Crippen LogP) is 2.31. The fourth-order valence-corrected chi connectivity index (χ4v) is 3.18. The van der Waals surface area contributed by atoms with Gasteiger partial charge in [0.15, 0.2) is 0 Å². The highest BCUT2D eigenvalue weighted by molar-refractivity contribution is 5.32. The molecule has 0 bridgehead atoms. The number of benzene rings is 1. The number of hydrogen-bond donors (Lipinski definition) is 0.